The van der Waals surface area contributed by atoms with Gasteiger partial charge in [-0.15, -0.1) is 0 Å². The van der Waals surface area contributed by atoms with Crippen LogP contribution in [-0.4, -0.2) is 57.2 Å². The summed E-state index contributed by atoms with van der Waals surface area (Å²) in [5.41, 5.74) is 2.26. The van der Waals surface area contributed by atoms with E-state index in [1.165, 1.54) is 11.6 Å². The van der Waals surface area contributed by atoms with Gasteiger partial charge in [0.05, 0.1) is 23.3 Å². The SMILES string of the molecule is O=[N+]([O-])c1ccc2c(cnn2CN2CCN(C/C=C/c3ccccc3)CC2)c1. The van der Waals surface area contributed by atoms with Gasteiger partial charge in [-0.25, -0.2) is 0 Å². The third kappa shape index (κ3) is 4.27. The topological polar surface area (TPSA) is 67.4 Å². The first-order valence-corrected chi connectivity index (χ1v) is 9.45. The number of fused-ring (bicyclic) bond motifs is 1. The molecule has 0 unspecified atom stereocenters. The summed E-state index contributed by atoms with van der Waals surface area (Å²) in [6, 6.07) is 15.2. The van der Waals surface area contributed by atoms with Crippen LogP contribution in [0.4, 0.5) is 5.69 Å². The quantitative estimate of drug-likeness (QED) is 0.487. The Balaban J connectivity index is 1.30. The molecule has 0 atom stereocenters. The highest BCUT2D eigenvalue weighted by Gasteiger charge is 2.17. The van der Waals surface area contributed by atoms with Crippen LogP contribution in [0.3, 0.4) is 0 Å². The van der Waals surface area contributed by atoms with Gasteiger partial charge in [-0.3, -0.25) is 24.6 Å². The zero-order chi connectivity index (χ0) is 19.3. The van der Waals surface area contributed by atoms with Crippen LogP contribution in [0.1, 0.15) is 5.56 Å². The van der Waals surface area contributed by atoms with Crippen LogP contribution < -0.4 is 0 Å². The van der Waals surface area contributed by atoms with E-state index in [0.717, 1.165) is 43.6 Å². The predicted molar refractivity (Wildman–Crippen MR) is 110 cm³/mol. The summed E-state index contributed by atoms with van der Waals surface area (Å²) in [7, 11) is 0. The fraction of sp³-hybridized carbons (Fsp3) is 0.286. The second kappa shape index (κ2) is 8.33. The average Bonchev–Trinajstić information content (AvgIpc) is 3.12. The molecule has 0 radical (unpaired) electrons. The van der Waals surface area contributed by atoms with Crippen molar-refractivity contribution in [2.45, 2.75) is 6.67 Å². The van der Waals surface area contributed by atoms with Gasteiger partial charge < -0.3 is 0 Å². The summed E-state index contributed by atoms with van der Waals surface area (Å²) in [6.07, 6.45) is 6.09. The largest absolute Gasteiger partial charge is 0.297 e. The number of hydrogen-bond acceptors (Lipinski definition) is 5. The lowest BCUT2D eigenvalue weighted by atomic mass is 10.2. The van der Waals surface area contributed by atoms with Crippen LogP contribution in [0.25, 0.3) is 17.0 Å². The standard InChI is InChI=1S/C21H23N5O2/c27-26(28)20-8-9-21-19(15-20)16-22-25(21)17-24-13-11-23(12-14-24)10-4-7-18-5-2-1-3-6-18/h1-9,15-16H,10-14,17H2/b7-4+. The van der Waals surface area contributed by atoms with Gasteiger partial charge >= 0.3 is 0 Å². The molecule has 2 heterocycles. The minimum atomic E-state index is -0.373. The molecule has 0 aliphatic carbocycles. The number of aromatic nitrogens is 2. The number of nitro groups is 1. The van der Waals surface area contributed by atoms with Crippen molar-refractivity contribution in [1.29, 1.82) is 0 Å². The molecular weight excluding hydrogens is 354 g/mol. The molecule has 0 saturated carbocycles. The first-order chi connectivity index (χ1) is 13.7. The fourth-order valence-electron chi connectivity index (χ4n) is 3.51. The molecule has 28 heavy (non-hydrogen) atoms. The lowest BCUT2D eigenvalue weighted by molar-refractivity contribution is -0.384. The van der Waals surface area contributed by atoms with E-state index in [1.54, 1.807) is 18.3 Å². The molecule has 1 aromatic heterocycles. The molecule has 1 saturated heterocycles. The third-order valence-corrected chi connectivity index (χ3v) is 5.11. The molecule has 7 heteroatoms. The van der Waals surface area contributed by atoms with E-state index in [0.29, 0.717) is 6.67 Å². The Bertz CT molecular complexity index is 975. The molecule has 1 fully saturated rings. The Morgan fingerprint density at radius 1 is 1.04 bits per heavy atom. The Hall–Kier alpha value is -3.03. The third-order valence-electron chi connectivity index (χ3n) is 5.11. The molecular formula is C21H23N5O2. The smallest absolute Gasteiger partial charge is 0.270 e. The number of non-ortho nitro benzene ring substituents is 1. The number of piperazine rings is 1. The van der Waals surface area contributed by atoms with Gasteiger partial charge in [0.15, 0.2) is 0 Å². The summed E-state index contributed by atoms with van der Waals surface area (Å²) in [4.78, 5) is 15.4. The number of hydrogen-bond donors (Lipinski definition) is 0. The molecule has 4 rings (SSSR count). The molecule has 3 aromatic rings. The number of nitrogens with zero attached hydrogens (tertiary/aromatic N) is 5. The van der Waals surface area contributed by atoms with Crippen LogP contribution in [0.5, 0.6) is 0 Å². The van der Waals surface area contributed by atoms with Gasteiger partial charge in [0, 0.05) is 50.2 Å². The number of benzene rings is 2. The van der Waals surface area contributed by atoms with Crippen molar-refractivity contribution in [3.8, 4) is 0 Å². The lowest BCUT2D eigenvalue weighted by Gasteiger charge is -2.34. The fourth-order valence-corrected chi connectivity index (χ4v) is 3.51. The van der Waals surface area contributed by atoms with Crippen molar-refractivity contribution >= 4 is 22.7 Å². The van der Waals surface area contributed by atoms with Gasteiger partial charge in [-0.05, 0) is 11.6 Å². The Kier molecular flexibility index (Phi) is 5.45. The van der Waals surface area contributed by atoms with E-state index in [4.69, 9.17) is 0 Å². The average molecular weight is 377 g/mol. The maximum atomic E-state index is 10.9. The summed E-state index contributed by atoms with van der Waals surface area (Å²) >= 11 is 0. The minimum absolute atomic E-state index is 0.101. The first-order valence-electron chi connectivity index (χ1n) is 9.45. The Morgan fingerprint density at radius 3 is 2.54 bits per heavy atom. The lowest BCUT2D eigenvalue weighted by Crippen LogP contribution is -2.46. The Labute approximate surface area is 163 Å². The molecule has 0 N–H and O–H groups in total. The molecule has 1 aliphatic heterocycles. The number of nitro benzene ring substituents is 1. The first kappa shape index (κ1) is 18.3. The zero-order valence-corrected chi connectivity index (χ0v) is 15.6. The van der Waals surface area contributed by atoms with Gasteiger partial charge in [0.1, 0.15) is 0 Å². The van der Waals surface area contributed by atoms with E-state index in [1.807, 2.05) is 10.7 Å². The molecule has 0 spiro atoms. The molecule has 144 valence electrons. The molecule has 7 nitrogen and oxygen atoms in total. The second-order valence-electron chi connectivity index (χ2n) is 7.02. The molecule has 0 amide bonds. The van der Waals surface area contributed by atoms with E-state index >= 15 is 0 Å². The van der Waals surface area contributed by atoms with Gasteiger partial charge in [0.2, 0.25) is 0 Å². The van der Waals surface area contributed by atoms with Crippen LogP contribution in [0.15, 0.2) is 60.8 Å². The van der Waals surface area contributed by atoms with Crippen molar-refractivity contribution in [2.75, 3.05) is 32.7 Å². The maximum Gasteiger partial charge on any atom is 0.270 e. The summed E-state index contributed by atoms with van der Waals surface area (Å²) in [5.74, 6) is 0. The van der Waals surface area contributed by atoms with Crippen molar-refractivity contribution in [3.05, 3.63) is 76.5 Å². The summed E-state index contributed by atoms with van der Waals surface area (Å²) in [6.45, 7) is 5.65. The molecule has 0 bridgehead atoms. The van der Waals surface area contributed by atoms with Crippen molar-refractivity contribution in [1.82, 2.24) is 19.6 Å². The van der Waals surface area contributed by atoms with Crippen LogP contribution in [0, 0.1) is 10.1 Å². The summed E-state index contributed by atoms with van der Waals surface area (Å²) in [5, 5.41) is 16.1. The molecule has 2 aromatic carbocycles. The van der Waals surface area contributed by atoms with E-state index < -0.39 is 0 Å². The normalized spacial score (nSPS) is 16.1. The zero-order valence-electron chi connectivity index (χ0n) is 15.6. The molecule has 1 aliphatic rings. The highest BCUT2D eigenvalue weighted by Crippen LogP contribution is 2.21. The predicted octanol–water partition coefficient (Wildman–Crippen LogP) is 3.23. The number of rotatable bonds is 6. The highest BCUT2D eigenvalue weighted by molar-refractivity contribution is 5.81. The summed E-state index contributed by atoms with van der Waals surface area (Å²) < 4.78 is 1.92. The monoisotopic (exact) mass is 377 g/mol. The second-order valence-corrected chi connectivity index (χ2v) is 7.02. The van der Waals surface area contributed by atoms with E-state index in [-0.39, 0.29) is 10.6 Å². The van der Waals surface area contributed by atoms with Crippen LogP contribution >= 0.6 is 0 Å². The van der Waals surface area contributed by atoms with E-state index in [9.17, 15) is 10.1 Å². The van der Waals surface area contributed by atoms with Gasteiger partial charge in [-0.2, -0.15) is 5.10 Å². The van der Waals surface area contributed by atoms with Gasteiger partial charge in [-0.1, -0.05) is 42.5 Å². The van der Waals surface area contributed by atoms with Crippen molar-refractivity contribution in [3.63, 3.8) is 0 Å². The minimum Gasteiger partial charge on any atom is -0.297 e. The van der Waals surface area contributed by atoms with E-state index in [2.05, 4.69) is 51.3 Å². The van der Waals surface area contributed by atoms with Gasteiger partial charge in [0.25, 0.3) is 5.69 Å². The van der Waals surface area contributed by atoms with Crippen molar-refractivity contribution < 1.29 is 4.92 Å². The maximum absolute atomic E-state index is 10.9. The Morgan fingerprint density at radius 2 is 1.79 bits per heavy atom. The van der Waals surface area contributed by atoms with Crippen LogP contribution in [-0.2, 0) is 6.67 Å². The van der Waals surface area contributed by atoms with Crippen molar-refractivity contribution in [2.24, 2.45) is 0 Å². The van der Waals surface area contributed by atoms with Crippen LogP contribution in [0.2, 0.25) is 0 Å². The highest BCUT2D eigenvalue weighted by atomic mass is 16.6.